The second-order valence-corrected chi connectivity index (χ2v) is 8.35. The molecule has 0 bridgehead atoms. The van der Waals surface area contributed by atoms with Crippen LogP contribution in [0.3, 0.4) is 0 Å². The minimum Gasteiger partial charge on any atom is -0.506 e. The number of halogens is 1. The fourth-order valence-electron chi connectivity index (χ4n) is 4.33. The summed E-state index contributed by atoms with van der Waals surface area (Å²) in [5, 5.41) is 21.4. The molecular formula is C24H29FN2O4. The number of aryl methyl sites for hydroxylation is 1. The minimum absolute atomic E-state index is 0.0252. The zero-order chi connectivity index (χ0) is 22.5. The van der Waals surface area contributed by atoms with Crippen LogP contribution in [0.1, 0.15) is 78.9 Å². The molecule has 1 saturated carbocycles. The van der Waals surface area contributed by atoms with Gasteiger partial charge in [0.2, 0.25) is 5.91 Å². The van der Waals surface area contributed by atoms with E-state index in [-0.39, 0.29) is 17.4 Å². The van der Waals surface area contributed by atoms with Crippen molar-refractivity contribution in [1.29, 1.82) is 0 Å². The lowest BCUT2D eigenvalue weighted by Gasteiger charge is -2.18. The highest BCUT2D eigenvalue weighted by Gasteiger charge is 2.21. The fourth-order valence-corrected chi connectivity index (χ4v) is 4.33. The van der Waals surface area contributed by atoms with Crippen molar-refractivity contribution in [2.24, 2.45) is 0 Å². The van der Waals surface area contributed by atoms with Crippen molar-refractivity contribution in [2.45, 2.75) is 71.1 Å². The number of rotatable bonds is 6. The summed E-state index contributed by atoms with van der Waals surface area (Å²) in [6, 6.07) is 4.95. The smallest absolute Gasteiger partial charge is 0.312 e. The summed E-state index contributed by atoms with van der Waals surface area (Å²) in [4.78, 5) is 27.1. The Labute approximate surface area is 181 Å². The number of hydrogen-bond donors (Lipinski definition) is 3. The van der Waals surface area contributed by atoms with Crippen molar-refractivity contribution in [3.05, 3.63) is 52.1 Å². The van der Waals surface area contributed by atoms with E-state index in [2.05, 4.69) is 5.32 Å². The fraction of sp³-hybridized carbons (Fsp3) is 0.458. The van der Waals surface area contributed by atoms with E-state index in [1.807, 2.05) is 6.92 Å². The molecule has 2 aromatic rings. The van der Waals surface area contributed by atoms with E-state index in [9.17, 15) is 19.1 Å². The number of carboxylic acids is 1. The zero-order valence-electron chi connectivity index (χ0n) is 18.0. The summed E-state index contributed by atoms with van der Waals surface area (Å²) < 4.78 is 14.9. The van der Waals surface area contributed by atoms with Crippen molar-refractivity contribution in [3.8, 4) is 5.75 Å². The number of aromatic hydroxyl groups is 1. The van der Waals surface area contributed by atoms with Gasteiger partial charge in [-0.3, -0.25) is 14.6 Å². The average molecular weight is 429 g/mol. The van der Waals surface area contributed by atoms with Crippen molar-refractivity contribution in [1.82, 2.24) is 4.98 Å². The lowest BCUT2D eigenvalue weighted by atomic mass is 9.93. The second-order valence-electron chi connectivity index (χ2n) is 8.35. The Hall–Kier alpha value is -2.96. The first-order valence-electron chi connectivity index (χ1n) is 10.7. The Bertz CT molecular complexity index is 982. The number of nitrogens with one attached hydrogen (secondary N) is 1. The highest BCUT2D eigenvalue weighted by atomic mass is 19.1. The van der Waals surface area contributed by atoms with E-state index < -0.39 is 24.1 Å². The first kappa shape index (κ1) is 22.7. The Morgan fingerprint density at radius 2 is 1.84 bits per heavy atom. The molecule has 0 atom stereocenters. The average Bonchev–Trinajstić information content (AvgIpc) is 2.99. The third kappa shape index (κ3) is 5.60. The monoisotopic (exact) mass is 428 g/mol. The van der Waals surface area contributed by atoms with Crippen molar-refractivity contribution in [3.63, 3.8) is 0 Å². The normalized spacial score (nSPS) is 14.8. The SMILES string of the molecule is Cc1cc(NC(=O)CC(=O)O)c(F)c(C)c1Cc1ccc(O)c(C2CCCCCC2)n1. The van der Waals surface area contributed by atoms with Gasteiger partial charge >= 0.3 is 5.97 Å². The van der Waals surface area contributed by atoms with Crippen molar-refractivity contribution < 1.29 is 24.2 Å². The third-order valence-corrected chi connectivity index (χ3v) is 6.00. The van der Waals surface area contributed by atoms with Crippen LogP contribution < -0.4 is 5.32 Å². The molecule has 166 valence electrons. The lowest BCUT2D eigenvalue weighted by Crippen LogP contribution is -2.17. The Balaban J connectivity index is 1.85. The third-order valence-electron chi connectivity index (χ3n) is 6.00. The van der Waals surface area contributed by atoms with Crippen LogP contribution >= 0.6 is 0 Å². The molecule has 0 spiro atoms. The molecule has 3 N–H and O–H groups in total. The van der Waals surface area contributed by atoms with Gasteiger partial charge in [0, 0.05) is 18.0 Å². The van der Waals surface area contributed by atoms with E-state index in [1.54, 1.807) is 19.1 Å². The van der Waals surface area contributed by atoms with E-state index in [0.29, 0.717) is 12.0 Å². The van der Waals surface area contributed by atoms with Crippen LogP contribution in [0.15, 0.2) is 18.2 Å². The number of carboxylic acid groups (broad SMARTS) is 1. The quantitative estimate of drug-likeness (QED) is 0.445. The van der Waals surface area contributed by atoms with Gasteiger partial charge < -0.3 is 15.5 Å². The van der Waals surface area contributed by atoms with Gasteiger partial charge in [0.05, 0.1) is 11.4 Å². The molecule has 0 radical (unpaired) electrons. The van der Waals surface area contributed by atoms with Crippen molar-refractivity contribution >= 4 is 17.6 Å². The molecule has 1 fully saturated rings. The van der Waals surface area contributed by atoms with Gasteiger partial charge in [-0.15, -0.1) is 0 Å². The van der Waals surface area contributed by atoms with Crippen LogP contribution in [0.5, 0.6) is 5.75 Å². The molecule has 6 nitrogen and oxygen atoms in total. The number of nitrogens with zero attached hydrogens (tertiary/aromatic N) is 1. The maximum atomic E-state index is 14.9. The predicted octanol–water partition coefficient (Wildman–Crippen LogP) is 4.98. The van der Waals surface area contributed by atoms with Gasteiger partial charge in [-0.25, -0.2) is 4.39 Å². The van der Waals surface area contributed by atoms with E-state index >= 15 is 0 Å². The summed E-state index contributed by atoms with van der Waals surface area (Å²) >= 11 is 0. The largest absolute Gasteiger partial charge is 0.506 e. The molecular weight excluding hydrogens is 399 g/mol. The summed E-state index contributed by atoms with van der Waals surface area (Å²) in [7, 11) is 0. The summed E-state index contributed by atoms with van der Waals surface area (Å²) in [6.07, 6.45) is 6.40. The van der Waals surface area contributed by atoms with Gasteiger partial charge in [-0.05, 0) is 61.6 Å². The molecule has 1 amide bonds. The van der Waals surface area contributed by atoms with Crippen molar-refractivity contribution in [2.75, 3.05) is 5.32 Å². The van der Waals surface area contributed by atoms with Crippen LogP contribution in [0, 0.1) is 19.7 Å². The number of carbonyl (C=O) groups is 2. The van der Waals surface area contributed by atoms with Gasteiger partial charge in [-0.2, -0.15) is 0 Å². The molecule has 3 rings (SSSR count). The molecule has 1 aromatic carbocycles. The zero-order valence-corrected chi connectivity index (χ0v) is 18.0. The van der Waals surface area contributed by atoms with Crippen LogP contribution in [-0.2, 0) is 16.0 Å². The minimum atomic E-state index is -1.27. The van der Waals surface area contributed by atoms with Crippen LogP contribution in [0.2, 0.25) is 0 Å². The number of pyridine rings is 1. The topological polar surface area (TPSA) is 99.5 Å². The molecule has 1 aromatic heterocycles. The standard InChI is InChI=1S/C24H29FN2O4/c1-14-11-19(27-21(29)13-22(30)31)23(25)15(2)18(14)12-17-9-10-20(28)24(26-17)16-7-5-3-4-6-8-16/h9-11,16,28H,3-8,12-13H2,1-2H3,(H,27,29)(H,30,31). The van der Waals surface area contributed by atoms with Gasteiger partial charge in [0.1, 0.15) is 18.0 Å². The predicted molar refractivity (Wildman–Crippen MR) is 116 cm³/mol. The van der Waals surface area contributed by atoms with E-state index in [1.165, 1.54) is 18.9 Å². The van der Waals surface area contributed by atoms with Crippen LogP contribution in [0.4, 0.5) is 10.1 Å². The number of aromatic nitrogens is 1. The summed E-state index contributed by atoms with van der Waals surface area (Å²) in [6.45, 7) is 3.46. The summed E-state index contributed by atoms with van der Waals surface area (Å²) in [5.74, 6) is -2.17. The molecule has 1 heterocycles. The molecule has 1 aliphatic carbocycles. The number of carbonyl (C=O) groups excluding carboxylic acids is 1. The highest BCUT2D eigenvalue weighted by Crippen LogP contribution is 2.35. The van der Waals surface area contributed by atoms with Gasteiger partial charge in [0.25, 0.3) is 0 Å². The molecule has 0 aliphatic heterocycles. The molecule has 7 heteroatoms. The number of aliphatic carboxylic acids is 1. The Morgan fingerprint density at radius 1 is 1.16 bits per heavy atom. The second kappa shape index (κ2) is 9.90. The summed E-state index contributed by atoms with van der Waals surface area (Å²) in [5.41, 5.74) is 3.38. The maximum Gasteiger partial charge on any atom is 0.312 e. The number of anilines is 1. The van der Waals surface area contributed by atoms with Crippen LogP contribution in [0.25, 0.3) is 0 Å². The van der Waals surface area contributed by atoms with Gasteiger partial charge in [0.15, 0.2) is 0 Å². The number of benzene rings is 1. The first-order valence-corrected chi connectivity index (χ1v) is 10.7. The number of amides is 1. The Kier molecular flexibility index (Phi) is 7.25. The maximum absolute atomic E-state index is 14.9. The highest BCUT2D eigenvalue weighted by molar-refractivity contribution is 6.01. The van der Waals surface area contributed by atoms with Crippen LogP contribution in [-0.4, -0.2) is 27.1 Å². The van der Waals surface area contributed by atoms with E-state index in [0.717, 1.165) is 48.2 Å². The van der Waals surface area contributed by atoms with Gasteiger partial charge in [-0.1, -0.05) is 25.7 Å². The van der Waals surface area contributed by atoms with E-state index in [4.69, 9.17) is 10.1 Å². The molecule has 1 aliphatic rings. The molecule has 0 unspecified atom stereocenters. The Morgan fingerprint density at radius 3 is 2.48 bits per heavy atom. The molecule has 0 saturated heterocycles. The lowest BCUT2D eigenvalue weighted by molar-refractivity contribution is -0.139. The number of hydrogen-bond acceptors (Lipinski definition) is 4. The molecule has 31 heavy (non-hydrogen) atoms. The first-order chi connectivity index (χ1) is 14.8.